The molecule has 1 aromatic rings. The standard InChI is InChI=1S/C33H59N3O15/c1-2-3-4-8-41-10-12-43-14-16-45-18-20-47-22-24-49-26-28-51-29-27-50-25-23-48-21-19-46-17-15-44-13-11-42-9-7-34-32-6-5-31(35(37)38)30-33(32)36(39)40/h5-6,30,34H,2-4,7-29H2,1H3. The fraction of sp³-hybridized carbons (Fsp3) is 0.818. The zero-order valence-corrected chi connectivity index (χ0v) is 30.1. The van der Waals surface area contributed by atoms with E-state index in [9.17, 15) is 20.2 Å². The molecule has 0 bridgehead atoms. The van der Waals surface area contributed by atoms with Crippen LogP contribution in [0.2, 0.25) is 0 Å². The summed E-state index contributed by atoms with van der Waals surface area (Å²) in [5.74, 6) is 0. The molecule has 0 amide bonds. The Morgan fingerprint density at radius 2 is 0.804 bits per heavy atom. The van der Waals surface area contributed by atoms with Gasteiger partial charge >= 0.3 is 0 Å². The van der Waals surface area contributed by atoms with E-state index in [1.54, 1.807) is 0 Å². The van der Waals surface area contributed by atoms with Gasteiger partial charge in [-0.2, -0.15) is 0 Å². The average molecular weight is 738 g/mol. The minimum absolute atomic E-state index is 0.186. The number of nitro groups is 2. The molecular formula is C33H59N3O15. The molecule has 0 atom stereocenters. The average Bonchev–Trinajstić information content (AvgIpc) is 3.12. The molecule has 0 saturated carbocycles. The van der Waals surface area contributed by atoms with Gasteiger partial charge in [0.2, 0.25) is 0 Å². The predicted molar refractivity (Wildman–Crippen MR) is 187 cm³/mol. The highest BCUT2D eigenvalue weighted by Gasteiger charge is 2.19. The molecule has 0 unspecified atom stereocenters. The number of benzene rings is 1. The van der Waals surface area contributed by atoms with Gasteiger partial charge in [-0.05, 0) is 12.5 Å². The lowest BCUT2D eigenvalue weighted by Crippen LogP contribution is -2.16. The van der Waals surface area contributed by atoms with Crippen molar-refractivity contribution in [1.29, 1.82) is 0 Å². The smallest absolute Gasteiger partial charge is 0.299 e. The molecule has 296 valence electrons. The SMILES string of the molecule is CCCCCOCCOCCOCCOCCOCCOCCOCCOCCOCCOCCOCCNc1ccc([N+](=O)[O-])cc1[N+](=O)[O-]. The Morgan fingerprint density at radius 3 is 1.12 bits per heavy atom. The van der Waals surface area contributed by atoms with Crippen LogP contribution in [0.5, 0.6) is 0 Å². The fourth-order valence-electron chi connectivity index (χ4n) is 3.95. The largest absolute Gasteiger partial charge is 0.379 e. The van der Waals surface area contributed by atoms with Crippen molar-refractivity contribution >= 4 is 17.1 Å². The molecule has 0 heterocycles. The third kappa shape index (κ3) is 29.6. The number of hydrogen-bond donors (Lipinski definition) is 1. The molecule has 0 radical (unpaired) electrons. The lowest BCUT2D eigenvalue weighted by molar-refractivity contribution is -0.393. The molecule has 0 spiro atoms. The summed E-state index contributed by atoms with van der Waals surface area (Å²) in [4.78, 5) is 20.6. The Bertz CT molecular complexity index is 964. The third-order valence-electron chi connectivity index (χ3n) is 6.56. The van der Waals surface area contributed by atoms with Crippen LogP contribution in [0, 0.1) is 20.2 Å². The number of nitrogens with zero attached hydrogens (tertiary/aromatic N) is 2. The summed E-state index contributed by atoms with van der Waals surface area (Å²) >= 11 is 0. The Hall–Kier alpha value is -2.62. The number of anilines is 1. The highest BCUT2D eigenvalue weighted by Crippen LogP contribution is 2.28. The summed E-state index contributed by atoms with van der Waals surface area (Å²) in [6.45, 7) is 13.1. The Morgan fingerprint density at radius 1 is 0.471 bits per heavy atom. The van der Waals surface area contributed by atoms with E-state index in [1.165, 1.54) is 25.0 Å². The van der Waals surface area contributed by atoms with Crippen LogP contribution in [-0.2, 0) is 52.1 Å². The fourth-order valence-corrected chi connectivity index (χ4v) is 3.95. The summed E-state index contributed by atoms with van der Waals surface area (Å²) < 4.78 is 60.0. The zero-order chi connectivity index (χ0) is 36.9. The van der Waals surface area contributed by atoms with Crippen molar-refractivity contribution < 1.29 is 62.0 Å². The number of nitrogens with one attached hydrogen (secondary N) is 1. The van der Waals surface area contributed by atoms with Crippen LogP contribution in [0.3, 0.4) is 0 Å². The second-order valence-electron chi connectivity index (χ2n) is 10.6. The summed E-state index contributed by atoms with van der Waals surface area (Å²) in [5.41, 5.74) is -0.524. The summed E-state index contributed by atoms with van der Waals surface area (Å²) in [7, 11) is 0. The first-order chi connectivity index (χ1) is 25.1. The van der Waals surface area contributed by atoms with E-state index >= 15 is 0 Å². The van der Waals surface area contributed by atoms with E-state index < -0.39 is 9.85 Å². The number of hydrogen-bond acceptors (Lipinski definition) is 16. The quantitative estimate of drug-likeness (QED) is 0.0584. The second-order valence-corrected chi connectivity index (χ2v) is 10.6. The van der Waals surface area contributed by atoms with Gasteiger partial charge in [-0.3, -0.25) is 20.2 Å². The van der Waals surface area contributed by atoms with Crippen molar-refractivity contribution in [1.82, 2.24) is 0 Å². The molecular weight excluding hydrogens is 678 g/mol. The molecule has 1 rings (SSSR count). The monoisotopic (exact) mass is 737 g/mol. The summed E-state index contributed by atoms with van der Waals surface area (Å²) in [5, 5.41) is 24.8. The molecule has 0 saturated heterocycles. The minimum Gasteiger partial charge on any atom is -0.379 e. The molecule has 0 aliphatic rings. The first kappa shape index (κ1) is 46.4. The second kappa shape index (κ2) is 35.8. The number of rotatable bonds is 40. The van der Waals surface area contributed by atoms with Gasteiger partial charge in [-0.15, -0.1) is 0 Å². The topological polar surface area (TPSA) is 200 Å². The molecule has 18 heteroatoms. The van der Waals surface area contributed by atoms with Gasteiger partial charge in [-0.1, -0.05) is 19.8 Å². The first-order valence-corrected chi connectivity index (χ1v) is 17.6. The maximum absolute atomic E-state index is 11.1. The summed E-state index contributed by atoms with van der Waals surface area (Å²) in [6, 6.07) is 3.43. The molecule has 0 fully saturated rings. The van der Waals surface area contributed by atoms with Gasteiger partial charge in [0, 0.05) is 19.2 Å². The molecule has 1 N–H and O–H groups in total. The minimum atomic E-state index is -0.680. The van der Waals surface area contributed by atoms with Gasteiger partial charge in [0.1, 0.15) is 5.69 Å². The van der Waals surface area contributed by atoms with Gasteiger partial charge in [0.15, 0.2) is 0 Å². The van der Waals surface area contributed by atoms with Crippen molar-refractivity contribution in [3.63, 3.8) is 0 Å². The lowest BCUT2D eigenvalue weighted by atomic mass is 10.2. The summed E-state index contributed by atoms with van der Waals surface area (Å²) in [6.07, 6.45) is 3.51. The third-order valence-corrected chi connectivity index (χ3v) is 6.56. The van der Waals surface area contributed by atoms with E-state index in [2.05, 4.69) is 12.2 Å². The van der Waals surface area contributed by atoms with Crippen molar-refractivity contribution in [3.8, 4) is 0 Å². The van der Waals surface area contributed by atoms with Crippen LogP contribution >= 0.6 is 0 Å². The molecule has 18 nitrogen and oxygen atoms in total. The van der Waals surface area contributed by atoms with Gasteiger partial charge < -0.3 is 57.4 Å². The van der Waals surface area contributed by atoms with Gasteiger partial charge in [0.25, 0.3) is 11.4 Å². The highest BCUT2D eigenvalue weighted by atomic mass is 16.6. The zero-order valence-electron chi connectivity index (χ0n) is 30.1. The normalized spacial score (nSPS) is 11.3. The van der Waals surface area contributed by atoms with Crippen molar-refractivity contribution in [2.24, 2.45) is 0 Å². The van der Waals surface area contributed by atoms with E-state index in [4.69, 9.17) is 52.1 Å². The number of non-ortho nitro benzene ring substituents is 1. The Balaban J connectivity index is 1.71. The van der Waals surface area contributed by atoms with Gasteiger partial charge in [-0.25, -0.2) is 0 Å². The van der Waals surface area contributed by atoms with E-state index in [0.29, 0.717) is 139 Å². The number of ether oxygens (including phenoxy) is 11. The number of nitro benzene ring substituents is 2. The molecule has 51 heavy (non-hydrogen) atoms. The van der Waals surface area contributed by atoms with Crippen LogP contribution in [0.1, 0.15) is 26.2 Å². The van der Waals surface area contributed by atoms with E-state index in [-0.39, 0.29) is 23.7 Å². The molecule has 0 aliphatic carbocycles. The predicted octanol–water partition coefficient (Wildman–Crippen LogP) is 3.29. The number of unbranched alkanes of at least 4 members (excludes halogenated alkanes) is 2. The van der Waals surface area contributed by atoms with Crippen LogP contribution in [-0.4, -0.2) is 162 Å². The van der Waals surface area contributed by atoms with Crippen molar-refractivity contribution in [2.75, 3.05) is 157 Å². The highest BCUT2D eigenvalue weighted by molar-refractivity contribution is 5.65. The maximum atomic E-state index is 11.1. The Kier molecular flexibility index (Phi) is 32.5. The van der Waals surface area contributed by atoms with Crippen LogP contribution in [0.25, 0.3) is 0 Å². The van der Waals surface area contributed by atoms with Crippen LogP contribution in [0.15, 0.2) is 18.2 Å². The lowest BCUT2D eigenvalue weighted by Gasteiger charge is -2.09. The van der Waals surface area contributed by atoms with E-state index in [1.807, 2.05) is 0 Å². The van der Waals surface area contributed by atoms with Crippen LogP contribution in [0.4, 0.5) is 17.1 Å². The maximum Gasteiger partial charge on any atom is 0.299 e. The Labute approximate surface area is 300 Å². The van der Waals surface area contributed by atoms with Crippen LogP contribution < -0.4 is 5.32 Å². The van der Waals surface area contributed by atoms with Crippen molar-refractivity contribution in [3.05, 3.63) is 38.4 Å². The first-order valence-electron chi connectivity index (χ1n) is 17.6. The molecule has 0 aliphatic heterocycles. The van der Waals surface area contributed by atoms with Gasteiger partial charge in [0.05, 0.1) is 155 Å². The van der Waals surface area contributed by atoms with Crippen molar-refractivity contribution in [2.45, 2.75) is 26.2 Å². The molecule has 1 aromatic carbocycles. The van der Waals surface area contributed by atoms with E-state index in [0.717, 1.165) is 19.1 Å². The molecule has 0 aromatic heterocycles.